The van der Waals surface area contributed by atoms with Crippen LogP contribution in [0.5, 0.6) is 0 Å². The van der Waals surface area contributed by atoms with Gasteiger partial charge in [-0.25, -0.2) is 9.07 Å². The second-order valence-electron chi connectivity index (χ2n) is 4.36. The fourth-order valence-electron chi connectivity index (χ4n) is 1.98. The summed E-state index contributed by atoms with van der Waals surface area (Å²) < 4.78 is 15.1. The first-order valence-corrected chi connectivity index (χ1v) is 6.38. The molecule has 0 atom stereocenters. The van der Waals surface area contributed by atoms with Crippen molar-refractivity contribution in [2.75, 3.05) is 5.73 Å². The van der Waals surface area contributed by atoms with Crippen molar-refractivity contribution in [1.29, 1.82) is 0 Å². The molecule has 3 nitrogen and oxygen atoms in total. The Morgan fingerprint density at radius 3 is 2.60 bits per heavy atom. The van der Waals surface area contributed by atoms with Crippen molar-refractivity contribution < 1.29 is 4.39 Å². The van der Waals surface area contributed by atoms with E-state index in [2.05, 4.69) is 5.10 Å². The third-order valence-electron chi connectivity index (χ3n) is 3.01. The Kier molecular flexibility index (Phi) is 3.16. The molecule has 0 amide bonds. The molecule has 20 heavy (non-hydrogen) atoms. The smallest absolute Gasteiger partial charge is 0.144 e. The Labute approximate surface area is 120 Å². The summed E-state index contributed by atoms with van der Waals surface area (Å²) in [4.78, 5) is 0. The minimum absolute atomic E-state index is 0.00156. The van der Waals surface area contributed by atoms with Gasteiger partial charge in [0.2, 0.25) is 0 Å². The lowest BCUT2D eigenvalue weighted by Crippen LogP contribution is -2.01. The Bertz CT molecular complexity index is 753. The fourth-order valence-corrected chi connectivity index (χ4v) is 2.16. The van der Waals surface area contributed by atoms with Crippen molar-refractivity contribution in [2.45, 2.75) is 0 Å². The molecule has 0 fully saturated rings. The molecule has 100 valence electrons. The van der Waals surface area contributed by atoms with E-state index in [0.717, 1.165) is 11.1 Å². The van der Waals surface area contributed by atoms with Crippen LogP contribution in [0.3, 0.4) is 0 Å². The minimum atomic E-state index is -0.521. The summed E-state index contributed by atoms with van der Waals surface area (Å²) in [6.45, 7) is 0. The fraction of sp³-hybridized carbons (Fsp3) is 0. The number of nitrogens with two attached hydrogens (primary N) is 1. The van der Waals surface area contributed by atoms with Crippen LogP contribution in [0, 0.1) is 5.82 Å². The van der Waals surface area contributed by atoms with Crippen LogP contribution in [0.25, 0.3) is 16.8 Å². The number of nitrogens with zero attached hydrogens (tertiary/aromatic N) is 2. The molecule has 3 aromatic rings. The van der Waals surface area contributed by atoms with Gasteiger partial charge in [0.25, 0.3) is 0 Å². The van der Waals surface area contributed by atoms with Gasteiger partial charge in [0.1, 0.15) is 5.82 Å². The highest BCUT2D eigenvalue weighted by Crippen LogP contribution is 2.26. The highest BCUT2D eigenvalue weighted by atomic mass is 35.5. The van der Waals surface area contributed by atoms with Gasteiger partial charge < -0.3 is 5.73 Å². The average Bonchev–Trinajstić information content (AvgIpc) is 2.93. The maximum absolute atomic E-state index is 13.5. The maximum atomic E-state index is 13.5. The molecule has 1 aromatic heterocycles. The zero-order valence-electron chi connectivity index (χ0n) is 10.4. The first-order chi connectivity index (χ1) is 9.65. The van der Waals surface area contributed by atoms with Crippen molar-refractivity contribution in [2.24, 2.45) is 0 Å². The molecule has 0 aliphatic heterocycles. The largest absolute Gasteiger partial charge is 0.397 e. The van der Waals surface area contributed by atoms with Gasteiger partial charge in [0.05, 0.1) is 22.6 Å². The molecule has 1 heterocycles. The molecule has 0 unspecified atom stereocenters. The standard InChI is InChI=1S/C15H11ClFN3/c16-12-6-14(18)15(7-13(12)17)20-9-11(8-19-20)10-4-2-1-3-5-10/h1-9H,18H2. The molecule has 0 bridgehead atoms. The topological polar surface area (TPSA) is 43.8 Å². The summed E-state index contributed by atoms with van der Waals surface area (Å²) in [5.74, 6) is -0.521. The number of halogens is 2. The first-order valence-electron chi connectivity index (χ1n) is 6.00. The van der Waals surface area contributed by atoms with Gasteiger partial charge in [0, 0.05) is 17.8 Å². The van der Waals surface area contributed by atoms with Crippen LogP contribution < -0.4 is 5.73 Å². The number of benzene rings is 2. The van der Waals surface area contributed by atoms with E-state index in [9.17, 15) is 4.39 Å². The molecule has 3 rings (SSSR count). The number of anilines is 1. The van der Waals surface area contributed by atoms with Gasteiger partial charge in [-0.3, -0.25) is 0 Å². The van der Waals surface area contributed by atoms with Crippen LogP contribution >= 0.6 is 11.6 Å². The molecular weight excluding hydrogens is 277 g/mol. The lowest BCUT2D eigenvalue weighted by molar-refractivity contribution is 0.626. The molecule has 2 aromatic carbocycles. The van der Waals surface area contributed by atoms with Crippen LogP contribution in [-0.2, 0) is 0 Å². The van der Waals surface area contributed by atoms with Crippen LogP contribution in [0.1, 0.15) is 0 Å². The molecule has 0 saturated carbocycles. The van der Waals surface area contributed by atoms with Crippen LogP contribution in [0.4, 0.5) is 10.1 Å². The maximum Gasteiger partial charge on any atom is 0.144 e. The van der Waals surface area contributed by atoms with E-state index in [1.165, 1.54) is 16.8 Å². The van der Waals surface area contributed by atoms with Crippen molar-refractivity contribution in [1.82, 2.24) is 9.78 Å². The van der Waals surface area contributed by atoms with Crippen LogP contribution in [0.2, 0.25) is 5.02 Å². The van der Waals surface area contributed by atoms with E-state index in [1.54, 1.807) is 12.4 Å². The van der Waals surface area contributed by atoms with Crippen LogP contribution in [-0.4, -0.2) is 9.78 Å². The highest BCUT2D eigenvalue weighted by Gasteiger charge is 2.10. The second-order valence-corrected chi connectivity index (χ2v) is 4.77. The SMILES string of the molecule is Nc1cc(Cl)c(F)cc1-n1cc(-c2ccccc2)cn1. The van der Waals surface area contributed by atoms with Gasteiger partial charge in [-0.05, 0) is 11.6 Å². The summed E-state index contributed by atoms with van der Waals surface area (Å²) in [6.07, 6.45) is 3.51. The number of hydrogen-bond donors (Lipinski definition) is 1. The average molecular weight is 288 g/mol. The number of aromatic nitrogens is 2. The van der Waals surface area contributed by atoms with E-state index < -0.39 is 5.82 Å². The van der Waals surface area contributed by atoms with Crippen molar-refractivity contribution in [3.63, 3.8) is 0 Å². The van der Waals surface area contributed by atoms with E-state index in [4.69, 9.17) is 17.3 Å². The second kappa shape index (κ2) is 4.98. The lowest BCUT2D eigenvalue weighted by Gasteiger charge is -2.06. The summed E-state index contributed by atoms with van der Waals surface area (Å²) >= 11 is 5.69. The third kappa shape index (κ3) is 2.26. The number of hydrogen-bond acceptors (Lipinski definition) is 2. The Hall–Kier alpha value is -2.33. The molecular formula is C15H11ClFN3. The van der Waals surface area contributed by atoms with Gasteiger partial charge in [-0.15, -0.1) is 0 Å². The normalized spacial score (nSPS) is 10.7. The molecule has 0 aliphatic carbocycles. The van der Waals surface area contributed by atoms with Gasteiger partial charge in [0.15, 0.2) is 0 Å². The van der Waals surface area contributed by atoms with Gasteiger partial charge in [-0.2, -0.15) is 5.10 Å². The minimum Gasteiger partial charge on any atom is -0.397 e. The number of nitrogen functional groups attached to an aromatic ring is 1. The monoisotopic (exact) mass is 287 g/mol. The van der Waals surface area contributed by atoms with Crippen molar-refractivity contribution >= 4 is 17.3 Å². The Morgan fingerprint density at radius 2 is 1.85 bits per heavy atom. The molecule has 2 N–H and O–H groups in total. The lowest BCUT2D eigenvalue weighted by atomic mass is 10.1. The van der Waals surface area contributed by atoms with Gasteiger partial charge >= 0.3 is 0 Å². The van der Waals surface area contributed by atoms with E-state index >= 15 is 0 Å². The zero-order valence-corrected chi connectivity index (χ0v) is 11.2. The van der Waals surface area contributed by atoms with E-state index in [-0.39, 0.29) is 5.02 Å². The summed E-state index contributed by atoms with van der Waals surface area (Å²) in [6, 6.07) is 12.5. The molecule has 0 radical (unpaired) electrons. The zero-order chi connectivity index (χ0) is 14.1. The van der Waals surface area contributed by atoms with Crippen LogP contribution in [0.15, 0.2) is 54.9 Å². The van der Waals surface area contributed by atoms with Gasteiger partial charge in [-0.1, -0.05) is 41.9 Å². The molecule has 5 heteroatoms. The quantitative estimate of drug-likeness (QED) is 0.726. The number of rotatable bonds is 2. The molecule has 0 saturated heterocycles. The first kappa shape index (κ1) is 12.7. The Balaban J connectivity index is 2.05. The highest BCUT2D eigenvalue weighted by molar-refractivity contribution is 6.31. The molecule has 0 spiro atoms. The predicted octanol–water partition coefficient (Wildman–Crippen LogP) is 3.91. The Morgan fingerprint density at radius 1 is 1.10 bits per heavy atom. The van der Waals surface area contributed by atoms with E-state index in [1.807, 2.05) is 30.3 Å². The van der Waals surface area contributed by atoms with E-state index in [0.29, 0.717) is 11.4 Å². The van der Waals surface area contributed by atoms with Crippen molar-refractivity contribution in [3.8, 4) is 16.8 Å². The predicted molar refractivity (Wildman–Crippen MR) is 78.4 cm³/mol. The summed E-state index contributed by atoms with van der Waals surface area (Å²) in [5, 5.41) is 4.22. The molecule has 0 aliphatic rings. The van der Waals surface area contributed by atoms with Crippen molar-refractivity contribution in [3.05, 3.63) is 65.7 Å². The summed E-state index contributed by atoms with van der Waals surface area (Å²) in [5.41, 5.74) is 8.66. The summed E-state index contributed by atoms with van der Waals surface area (Å²) in [7, 11) is 0. The third-order valence-corrected chi connectivity index (χ3v) is 3.30.